The Morgan fingerprint density at radius 1 is 1.21 bits per heavy atom. The standard InChI is InChI=1S/C24H24N8O2/c1-15-16(9-31-11-18(33)12-31)10-32(29-15)23-5-6-26-24(28-23)27-17-3-4-21-19(7-17)20(13-30(21)2)22-8-25-14-34-22/h3-8,10,13-14,18,33H,9,11-12H2,1-2H3,(H,26,27,28). The molecule has 1 fully saturated rings. The number of anilines is 2. The highest BCUT2D eigenvalue weighted by atomic mass is 16.3. The van der Waals surface area contributed by atoms with E-state index in [1.807, 2.05) is 38.5 Å². The van der Waals surface area contributed by atoms with Crippen LogP contribution in [-0.4, -0.2) is 58.5 Å². The highest BCUT2D eigenvalue weighted by Crippen LogP contribution is 2.32. The number of aliphatic hydroxyl groups is 1. The number of aromatic nitrogens is 6. The smallest absolute Gasteiger partial charge is 0.229 e. The lowest BCUT2D eigenvalue weighted by Crippen LogP contribution is -2.49. The van der Waals surface area contributed by atoms with Gasteiger partial charge in [0.15, 0.2) is 18.0 Å². The topological polar surface area (TPSA) is 110 Å². The molecule has 0 saturated carbocycles. The summed E-state index contributed by atoms with van der Waals surface area (Å²) < 4.78 is 9.36. The quantitative estimate of drug-likeness (QED) is 0.401. The summed E-state index contributed by atoms with van der Waals surface area (Å²) in [4.78, 5) is 15.3. The fraction of sp³-hybridized carbons (Fsp3) is 0.250. The highest BCUT2D eigenvalue weighted by Gasteiger charge is 2.25. The van der Waals surface area contributed by atoms with Gasteiger partial charge >= 0.3 is 0 Å². The lowest BCUT2D eigenvalue weighted by Gasteiger charge is -2.35. The van der Waals surface area contributed by atoms with Crippen LogP contribution in [0, 0.1) is 6.92 Å². The molecule has 0 spiro atoms. The molecule has 0 unspecified atom stereocenters. The van der Waals surface area contributed by atoms with Gasteiger partial charge in [-0.1, -0.05) is 0 Å². The second kappa shape index (κ2) is 8.08. The zero-order chi connectivity index (χ0) is 23.2. The van der Waals surface area contributed by atoms with Crippen LogP contribution < -0.4 is 5.32 Å². The first-order valence-corrected chi connectivity index (χ1v) is 11.1. The average molecular weight is 457 g/mol. The summed E-state index contributed by atoms with van der Waals surface area (Å²) in [5, 5.41) is 18.5. The second-order valence-corrected chi connectivity index (χ2v) is 8.65. The van der Waals surface area contributed by atoms with E-state index >= 15 is 0 Å². The number of aryl methyl sites for hydroxylation is 2. The van der Waals surface area contributed by atoms with Crippen LogP contribution in [0.4, 0.5) is 11.6 Å². The van der Waals surface area contributed by atoms with E-state index in [-0.39, 0.29) is 6.10 Å². The van der Waals surface area contributed by atoms with Crippen molar-refractivity contribution in [1.82, 2.24) is 34.2 Å². The Morgan fingerprint density at radius 3 is 2.88 bits per heavy atom. The Morgan fingerprint density at radius 2 is 2.09 bits per heavy atom. The molecule has 0 aliphatic carbocycles. The van der Waals surface area contributed by atoms with Gasteiger partial charge in [-0.25, -0.2) is 14.6 Å². The van der Waals surface area contributed by atoms with Crippen LogP contribution in [-0.2, 0) is 13.6 Å². The molecule has 10 heteroatoms. The maximum atomic E-state index is 9.53. The number of rotatable bonds is 6. The summed E-state index contributed by atoms with van der Waals surface area (Å²) in [6, 6.07) is 7.94. The summed E-state index contributed by atoms with van der Waals surface area (Å²) in [5.41, 5.74) is 4.99. The molecule has 0 radical (unpaired) electrons. The van der Waals surface area contributed by atoms with Crippen molar-refractivity contribution in [3.05, 3.63) is 66.7 Å². The molecular formula is C24H24N8O2. The van der Waals surface area contributed by atoms with Crippen LogP contribution >= 0.6 is 0 Å². The van der Waals surface area contributed by atoms with Crippen LogP contribution in [0.2, 0.25) is 0 Å². The summed E-state index contributed by atoms with van der Waals surface area (Å²) in [6.07, 6.45) is 8.68. The number of oxazole rings is 1. The fourth-order valence-corrected chi connectivity index (χ4v) is 4.36. The van der Waals surface area contributed by atoms with Gasteiger partial charge in [0.2, 0.25) is 5.95 Å². The molecule has 5 heterocycles. The van der Waals surface area contributed by atoms with Crippen molar-refractivity contribution in [2.75, 3.05) is 18.4 Å². The summed E-state index contributed by atoms with van der Waals surface area (Å²) >= 11 is 0. The minimum atomic E-state index is -0.215. The van der Waals surface area contributed by atoms with Crippen LogP contribution in [0.3, 0.4) is 0 Å². The average Bonchev–Trinajstić information content (AvgIpc) is 3.53. The van der Waals surface area contributed by atoms with Crippen molar-refractivity contribution in [1.29, 1.82) is 0 Å². The molecule has 0 bridgehead atoms. The molecule has 172 valence electrons. The van der Waals surface area contributed by atoms with E-state index in [1.165, 1.54) is 6.39 Å². The van der Waals surface area contributed by atoms with E-state index in [0.717, 1.165) is 45.7 Å². The van der Waals surface area contributed by atoms with Gasteiger partial charge in [-0.15, -0.1) is 0 Å². The van der Waals surface area contributed by atoms with Gasteiger partial charge in [0, 0.05) is 79.1 Å². The van der Waals surface area contributed by atoms with E-state index in [9.17, 15) is 5.11 Å². The molecular weight excluding hydrogens is 432 g/mol. The Balaban J connectivity index is 1.26. The number of benzene rings is 1. The van der Waals surface area contributed by atoms with Crippen LogP contribution in [0.1, 0.15) is 11.3 Å². The first kappa shape index (κ1) is 20.6. The van der Waals surface area contributed by atoms with Crippen LogP contribution in [0.15, 0.2) is 59.9 Å². The van der Waals surface area contributed by atoms with Gasteiger partial charge in [-0.2, -0.15) is 10.1 Å². The van der Waals surface area contributed by atoms with Crippen molar-refractivity contribution in [2.45, 2.75) is 19.6 Å². The second-order valence-electron chi connectivity index (χ2n) is 8.65. The number of nitrogens with one attached hydrogen (secondary N) is 1. The van der Waals surface area contributed by atoms with Crippen molar-refractivity contribution < 1.29 is 9.52 Å². The number of nitrogens with zero attached hydrogens (tertiary/aromatic N) is 7. The molecule has 0 atom stereocenters. The zero-order valence-corrected chi connectivity index (χ0v) is 18.9. The Bertz CT molecular complexity index is 1460. The van der Waals surface area contributed by atoms with Gasteiger partial charge < -0.3 is 19.4 Å². The number of likely N-dealkylation sites (tertiary alicyclic amines) is 1. The minimum absolute atomic E-state index is 0.215. The molecule has 1 aliphatic rings. The third-order valence-electron chi connectivity index (χ3n) is 6.15. The third-order valence-corrected chi connectivity index (χ3v) is 6.15. The minimum Gasteiger partial charge on any atom is -0.443 e. The van der Waals surface area contributed by atoms with Crippen molar-refractivity contribution in [3.8, 4) is 17.1 Å². The summed E-state index contributed by atoms with van der Waals surface area (Å²) in [5.74, 6) is 1.88. The van der Waals surface area contributed by atoms with Crippen molar-refractivity contribution >= 4 is 22.5 Å². The van der Waals surface area contributed by atoms with E-state index < -0.39 is 0 Å². The molecule has 5 aromatic rings. The van der Waals surface area contributed by atoms with Gasteiger partial charge in [0.25, 0.3) is 0 Å². The molecule has 1 aromatic carbocycles. The van der Waals surface area contributed by atoms with Crippen molar-refractivity contribution in [3.63, 3.8) is 0 Å². The molecule has 34 heavy (non-hydrogen) atoms. The Hall–Kier alpha value is -4.02. The molecule has 2 N–H and O–H groups in total. The summed E-state index contributed by atoms with van der Waals surface area (Å²) in [6.45, 7) is 4.17. The van der Waals surface area contributed by atoms with Gasteiger partial charge in [-0.05, 0) is 25.1 Å². The van der Waals surface area contributed by atoms with Gasteiger partial charge in [0.1, 0.15) is 0 Å². The number of β-amino-alcohol motifs (C(OH)–C–C–N with tert-alkyl or cyclic N) is 1. The van der Waals surface area contributed by atoms with E-state index in [0.29, 0.717) is 24.9 Å². The third kappa shape index (κ3) is 3.72. The van der Waals surface area contributed by atoms with Gasteiger partial charge in [-0.3, -0.25) is 4.90 Å². The molecule has 6 rings (SSSR count). The summed E-state index contributed by atoms with van der Waals surface area (Å²) in [7, 11) is 2.01. The largest absolute Gasteiger partial charge is 0.443 e. The maximum absolute atomic E-state index is 9.53. The normalized spacial score (nSPS) is 14.6. The molecule has 4 aromatic heterocycles. The highest BCUT2D eigenvalue weighted by molar-refractivity contribution is 5.96. The Kier molecular flexibility index (Phi) is 4.89. The molecule has 0 amide bonds. The lowest BCUT2D eigenvalue weighted by atomic mass is 10.1. The number of hydrogen-bond donors (Lipinski definition) is 2. The van der Waals surface area contributed by atoms with Crippen LogP contribution in [0.5, 0.6) is 0 Å². The first-order chi connectivity index (χ1) is 16.5. The predicted molar refractivity (Wildman–Crippen MR) is 127 cm³/mol. The molecule has 1 saturated heterocycles. The SMILES string of the molecule is Cc1nn(-c2ccnc(Nc3ccc4c(c3)c(-c3cnco3)cn4C)n2)cc1CN1CC(O)C1. The van der Waals surface area contributed by atoms with E-state index in [4.69, 9.17) is 4.42 Å². The number of fused-ring (bicyclic) bond motifs is 1. The van der Waals surface area contributed by atoms with Crippen LogP contribution in [0.25, 0.3) is 28.0 Å². The Labute approximate surface area is 195 Å². The molecule has 1 aliphatic heterocycles. The molecule has 10 nitrogen and oxygen atoms in total. The van der Waals surface area contributed by atoms with Gasteiger partial charge in [0.05, 0.1) is 18.0 Å². The maximum Gasteiger partial charge on any atom is 0.229 e. The van der Waals surface area contributed by atoms with E-state index in [1.54, 1.807) is 17.1 Å². The van der Waals surface area contributed by atoms with E-state index in [2.05, 4.69) is 47.0 Å². The fourth-order valence-electron chi connectivity index (χ4n) is 4.36. The zero-order valence-electron chi connectivity index (χ0n) is 18.9. The first-order valence-electron chi connectivity index (χ1n) is 11.1. The number of aliphatic hydroxyl groups excluding tert-OH is 1. The van der Waals surface area contributed by atoms with Crippen molar-refractivity contribution in [2.24, 2.45) is 7.05 Å². The number of hydrogen-bond acceptors (Lipinski definition) is 8. The predicted octanol–water partition coefficient (Wildman–Crippen LogP) is 3.04. The monoisotopic (exact) mass is 456 g/mol. The lowest BCUT2D eigenvalue weighted by molar-refractivity contribution is -0.00297.